The van der Waals surface area contributed by atoms with E-state index in [2.05, 4.69) is 21.2 Å². The fourth-order valence-electron chi connectivity index (χ4n) is 2.45. The summed E-state index contributed by atoms with van der Waals surface area (Å²) in [7, 11) is 0. The Kier molecular flexibility index (Phi) is 3.57. The van der Waals surface area contributed by atoms with E-state index in [1.165, 1.54) is 0 Å². The molecule has 1 aliphatic heterocycles. The van der Waals surface area contributed by atoms with Crippen LogP contribution < -0.4 is 5.32 Å². The van der Waals surface area contributed by atoms with E-state index in [0.29, 0.717) is 6.42 Å². The third kappa shape index (κ3) is 2.36. The van der Waals surface area contributed by atoms with Gasteiger partial charge in [-0.15, -0.1) is 11.6 Å². The number of rotatable bonds is 2. The second kappa shape index (κ2) is 5.23. The molecule has 2 nitrogen and oxygen atoms in total. The molecule has 1 amide bonds. The van der Waals surface area contributed by atoms with E-state index in [4.69, 9.17) is 11.6 Å². The Morgan fingerprint density at radius 3 is 2.90 bits per heavy atom. The Morgan fingerprint density at radius 1 is 1.30 bits per heavy atom. The number of fused-ring (bicyclic) bond motifs is 1. The van der Waals surface area contributed by atoms with E-state index in [-0.39, 0.29) is 11.3 Å². The monoisotopic (exact) mass is 349 g/mol. The van der Waals surface area contributed by atoms with E-state index >= 15 is 0 Å². The van der Waals surface area contributed by atoms with Crippen molar-refractivity contribution in [2.45, 2.75) is 18.7 Å². The highest BCUT2D eigenvalue weighted by Gasteiger charge is 2.21. The van der Waals surface area contributed by atoms with Crippen molar-refractivity contribution in [3.05, 3.63) is 63.1 Å². The number of carbonyl (C=O) groups is 1. The van der Waals surface area contributed by atoms with Crippen LogP contribution in [0.2, 0.25) is 0 Å². The summed E-state index contributed by atoms with van der Waals surface area (Å²) in [6.07, 6.45) is 0.432. The average molecular weight is 351 g/mol. The predicted molar refractivity (Wildman–Crippen MR) is 85.4 cm³/mol. The molecule has 0 aliphatic carbocycles. The van der Waals surface area contributed by atoms with Crippen molar-refractivity contribution >= 4 is 39.1 Å². The van der Waals surface area contributed by atoms with Crippen molar-refractivity contribution in [1.29, 1.82) is 0 Å². The summed E-state index contributed by atoms with van der Waals surface area (Å²) in [5, 5.41) is 2.60. The van der Waals surface area contributed by atoms with Gasteiger partial charge in [0.15, 0.2) is 0 Å². The van der Waals surface area contributed by atoms with Gasteiger partial charge in [0.2, 0.25) is 5.91 Å². The summed E-state index contributed by atoms with van der Waals surface area (Å²) < 4.78 is 1.04. The molecule has 0 saturated heterocycles. The van der Waals surface area contributed by atoms with Gasteiger partial charge < -0.3 is 5.32 Å². The lowest BCUT2D eigenvalue weighted by atomic mass is 10.00. The third-order valence-electron chi connectivity index (χ3n) is 3.54. The van der Waals surface area contributed by atoms with Crippen LogP contribution in [-0.4, -0.2) is 5.91 Å². The van der Waals surface area contributed by atoms with Gasteiger partial charge in [-0.05, 0) is 35.2 Å². The lowest BCUT2D eigenvalue weighted by Crippen LogP contribution is -2.03. The number of hydrogen-bond donors (Lipinski definition) is 1. The fourth-order valence-corrected chi connectivity index (χ4v) is 3.39. The molecule has 0 aromatic heterocycles. The number of anilines is 1. The first-order valence-electron chi connectivity index (χ1n) is 6.38. The van der Waals surface area contributed by atoms with E-state index in [9.17, 15) is 4.79 Å². The molecule has 0 fully saturated rings. The minimum absolute atomic E-state index is 0.0417. The van der Waals surface area contributed by atoms with E-state index < -0.39 is 0 Å². The molecule has 1 unspecified atom stereocenters. The zero-order valence-electron chi connectivity index (χ0n) is 10.9. The molecule has 0 saturated carbocycles. The van der Waals surface area contributed by atoms with Crippen molar-refractivity contribution in [3.63, 3.8) is 0 Å². The van der Waals surface area contributed by atoms with Crippen molar-refractivity contribution in [3.8, 4) is 0 Å². The molecule has 1 N–H and O–H groups in total. The molecule has 3 rings (SSSR count). The van der Waals surface area contributed by atoms with Gasteiger partial charge in [0.1, 0.15) is 0 Å². The molecule has 20 heavy (non-hydrogen) atoms. The van der Waals surface area contributed by atoms with Gasteiger partial charge in [-0.2, -0.15) is 0 Å². The summed E-state index contributed by atoms with van der Waals surface area (Å²) in [5.41, 5.74) is 5.12. The highest BCUT2D eigenvalue weighted by molar-refractivity contribution is 9.10. The normalized spacial score (nSPS) is 14.8. The second-order valence-electron chi connectivity index (χ2n) is 4.98. The number of hydrogen-bond acceptors (Lipinski definition) is 1. The number of alkyl halides is 1. The maximum absolute atomic E-state index is 11.4. The van der Waals surface area contributed by atoms with Crippen LogP contribution in [0, 0.1) is 6.92 Å². The molecule has 0 radical (unpaired) electrons. The molecule has 4 heteroatoms. The first-order valence-corrected chi connectivity index (χ1v) is 7.61. The minimum atomic E-state index is -0.231. The summed E-state index contributed by atoms with van der Waals surface area (Å²) in [4.78, 5) is 11.4. The molecule has 1 heterocycles. The molecule has 0 spiro atoms. The lowest BCUT2D eigenvalue weighted by Gasteiger charge is -2.14. The van der Waals surface area contributed by atoms with Crippen LogP contribution in [0.4, 0.5) is 5.69 Å². The zero-order chi connectivity index (χ0) is 14.3. The number of halogens is 2. The molecular formula is C16H13BrClNO. The number of benzene rings is 2. The fraction of sp³-hybridized carbons (Fsp3) is 0.188. The first-order chi connectivity index (χ1) is 9.56. The molecular weight excluding hydrogens is 338 g/mol. The highest BCUT2D eigenvalue weighted by Crippen LogP contribution is 2.37. The Labute approximate surface area is 131 Å². The van der Waals surface area contributed by atoms with Crippen molar-refractivity contribution in [2.75, 3.05) is 5.32 Å². The Hall–Kier alpha value is -1.32. The van der Waals surface area contributed by atoms with Gasteiger partial charge in [-0.3, -0.25) is 4.79 Å². The number of amides is 1. The summed E-state index contributed by atoms with van der Waals surface area (Å²) in [6, 6.07) is 12.0. The highest BCUT2D eigenvalue weighted by atomic mass is 79.9. The lowest BCUT2D eigenvalue weighted by molar-refractivity contribution is -0.115. The summed E-state index contributed by atoms with van der Waals surface area (Å²) in [6.45, 7) is 2.04. The Morgan fingerprint density at radius 2 is 2.10 bits per heavy atom. The minimum Gasteiger partial charge on any atom is -0.326 e. The SMILES string of the molecule is Cc1cccc(C(Cl)c2ccc3c(c2)CC(=O)N3)c1Br. The van der Waals surface area contributed by atoms with Crippen molar-refractivity contribution in [2.24, 2.45) is 0 Å². The largest absolute Gasteiger partial charge is 0.326 e. The van der Waals surface area contributed by atoms with Crippen LogP contribution in [0.25, 0.3) is 0 Å². The second-order valence-corrected chi connectivity index (χ2v) is 6.21. The Bertz CT molecular complexity index is 699. The molecule has 2 aromatic rings. The average Bonchev–Trinajstić information content (AvgIpc) is 2.80. The molecule has 1 atom stereocenters. The van der Waals surface area contributed by atoms with Crippen molar-refractivity contribution < 1.29 is 4.79 Å². The van der Waals surface area contributed by atoms with E-state index in [1.807, 2.05) is 43.3 Å². The maximum Gasteiger partial charge on any atom is 0.228 e. The number of aryl methyl sites for hydroxylation is 1. The van der Waals surface area contributed by atoms with Crippen LogP contribution in [0.15, 0.2) is 40.9 Å². The van der Waals surface area contributed by atoms with Gasteiger partial charge in [0.05, 0.1) is 11.8 Å². The summed E-state index contributed by atoms with van der Waals surface area (Å²) >= 11 is 10.2. The van der Waals surface area contributed by atoms with Crippen LogP contribution in [0.5, 0.6) is 0 Å². The van der Waals surface area contributed by atoms with Gasteiger partial charge in [0, 0.05) is 10.2 Å². The van der Waals surface area contributed by atoms with Crippen LogP contribution in [-0.2, 0) is 11.2 Å². The van der Waals surface area contributed by atoms with Crippen LogP contribution in [0.3, 0.4) is 0 Å². The van der Waals surface area contributed by atoms with Crippen molar-refractivity contribution in [1.82, 2.24) is 0 Å². The van der Waals surface area contributed by atoms with Gasteiger partial charge in [-0.25, -0.2) is 0 Å². The quantitative estimate of drug-likeness (QED) is 0.789. The van der Waals surface area contributed by atoms with Gasteiger partial charge >= 0.3 is 0 Å². The van der Waals surface area contributed by atoms with E-state index in [0.717, 1.165) is 32.4 Å². The Balaban J connectivity index is 1.99. The maximum atomic E-state index is 11.4. The first kappa shape index (κ1) is 13.7. The predicted octanol–water partition coefficient (Wildman–Crippen LogP) is 4.58. The summed E-state index contributed by atoms with van der Waals surface area (Å²) in [5.74, 6) is 0.0417. The van der Waals surface area contributed by atoms with Gasteiger partial charge in [0.25, 0.3) is 0 Å². The van der Waals surface area contributed by atoms with E-state index in [1.54, 1.807) is 0 Å². The third-order valence-corrected chi connectivity index (χ3v) is 5.11. The number of carbonyl (C=O) groups excluding carboxylic acids is 1. The molecule has 0 bridgehead atoms. The molecule has 1 aliphatic rings. The molecule has 2 aromatic carbocycles. The molecule has 102 valence electrons. The standard InChI is InChI=1S/C16H13BrClNO/c1-9-3-2-4-12(15(9)17)16(18)10-5-6-13-11(7-10)8-14(20)19-13/h2-7,16H,8H2,1H3,(H,19,20). The topological polar surface area (TPSA) is 29.1 Å². The van der Waals surface area contributed by atoms with Gasteiger partial charge in [-0.1, -0.05) is 46.3 Å². The van der Waals surface area contributed by atoms with Crippen LogP contribution >= 0.6 is 27.5 Å². The smallest absolute Gasteiger partial charge is 0.228 e. The van der Waals surface area contributed by atoms with Crippen LogP contribution in [0.1, 0.15) is 27.6 Å². The number of nitrogens with one attached hydrogen (secondary N) is 1. The zero-order valence-corrected chi connectivity index (χ0v) is 13.3.